The molecule has 7 heteroatoms. The van der Waals surface area contributed by atoms with Crippen LogP contribution in [-0.2, 0) is 43.9 Å². The van der Waals surface area contributed by atoms with E-state index in [1.54, 1.807) is 0 Å². The molecular formula is C25H27NO4S2. The molecule has 0 radical (unpaired) electrons. The fraction of sp³-hybridized carbons (Fsp3) is 0.320. The quantitative estimate of drug-likeness (QED) is 0.401. The first kappa shape index (κ1) is 22.7. The van der Waals surface area contributed by atoms with Gasteiger partial charge in [0.25, 0.3) is 0 Å². The molecule has 4 rings (SSSR count). The minimum absolute atomic E-state index is 0.0295. The number of rotatable bonds is 6. The lowest BCUT2D eigenvalue weighted by atomic mass is 9.94. The lowest BCUT2D eigenvalue weighted by Crippen LogP contribution is -2.20. The van der Waals surface area contributed by atoms with Crippen molar-refractivity contribution in [3.63, 3.8) is 0 Å². The van der Waals surface area contributed by atoms with Crippen LogP contribution in [0.25, 0.3) is 11.1 Å². The van der Waals surface area contributed by atoms with Crippen LogP contribution in [0, 0.1) is 0 Å². The van der Waals surface area contributed by atoms with Crippen molar-refractivity contribution < 1.29 is 17.9 Å². The number of sulfone groups is 1. The molecule has 32 heavy (non-hydrogen) atoms. The molecule has 1 aliphatic rings. The fourth-order valence-corrected chi connectivity index (χ4v) is 5.76. The Morgan fingerprint density at radius 1 is 1.06 bits per heavy atom. The van der Waals surface area contributed by atoms with Gasteiger partial charge >= 0.3 is 5.97 Å². The van der Waals surface area contributed by atoms with Crippen LogP contribution < -0.4 is 0 Å². The first-order valence-corrected chi connectivity index (χ1v) is 13.0. The van der Waals surface area contributed by atoms with Gasteiger partial charge in [-0.2, -0.15) is 12.6 Å². The van der Waals surface area contributed by atoms with Crippen LogP contribution in [0.4, 0.5) is 0 Å². The second kappa shape index (κ2) is 9.16. The van der Waals surface area contributed by atoms with Gasteiger partial charge in [-0.05, 0) is 34.2 Å². The largest absolute Gasteiger partial charge is 0.460 e. The third kappa shape index (κ3) is 5.10. The predicted octanol–water partition coefficient (Wildman–Crippen LogP) is 4.82. The van der Waals surface area contributed by atoms with Gasteiger partial charge in [0.15, 0.2) is 9.84 Å². The average molecular weight is 470 g/mol. The normalized spacial score (nSPS) is 15.5. The van der Waals surface area contributed by atoms with Gasteiger partial charge in [-0.25, -0.2) is 8.42 Å². The predicted molar refractivity (Wildman–Crippen MR) is 129 cm³/mol. The summed E-state index contributed by atoms with van der Waals surface area (Å²) in [7, 11) is -3.30. The van der Waals surface area contributed by atoms with Gasteiger partial charge in [0.2, 0.25) is 0 Å². The molecule has 2 aromatic carbocycles. The number of benzene rings is 2. The van der Waals surface area contributed by atoms with Crippen LogP contribution in [0.2, 0.25) is 0 Å². The molecule has 0 saturated carbocycles. The van der Waals surface area contributed by atoms with Crippen molar-refractivity contribution in [3.05, 3.63) is 82.7 Å². The second-order valence-corrected chi connectivity index (χ2v) is 11.3. The number of ether oxygens (including phenoxy) is 1. The highest BCUT2D eigenvalue weighted by Gasteiger charge is 2.27. The Kier molecular flexibility index (Phi) is 6.49. The third-order valence-electron chi connectivity index (χ3n) is 5.69. The van der Waals surface area contributed by atoms with Crippen LogP contribution >= 0.6 is 12.6 Å². The number of H-pyrrole nitrogens is 1. The summed E-state index contributed by atoms with van der Waals surface area (Å²) < 4.78 is 30.8. The molecule has 0 fully saturated rings. The van der Waals surface area contributed by atoms with E-state index in [4.69, 9.17) is 4.74 Å². The van der Waals surface area contributed by atoms with E-state index in [-0.39, 0.29) is 18.1 Å². The molecule has 1 atom stereocenters. The zero-order chi connectivity index (χ0) is 22.9. The lowest BCUT2D eigenvalue weighted by Gasteiger charge is -2.12. The maximum absolute atomic E-state index is 12.7. The summed E-state index contributed by atoms with van der Waals surface area (Å²) in [6.45, 7) is 4.38. The SMILES string of the molecule is CC(C)c1ccc2c(c1)CS(=O)(=O)Cc1[nH]c(C[C@H](S)C(=O)OCc3ccccc3)cc1-2. The molecule has 0 unspecified atom stereocenters. The molecule has 1 aliphatic heterocycles. The van der Waals surface area contributed by atoms with Crippen LogP contribution in [0.15, 0.2) is 54.6 Å². The van der Waals surface area contributed by atoms with Crippen molar-refractivity contribution in [3.8, 4) is 11.1 Å². The number of hydrogen-bond acceptors (Lipinski definition) is 5. The Balaban J connectivity index is 1.55. The van der Waals surface area contributed by atoms with E-state index >= 15 is 0 Å². The summed E-state index contributed by atoms with van der Waals surface area (Å²) in [5.74, 6) is -0.109. The molecule has 0 spiro atoms. The van der Waals surface area contributed by atoms with E-state index in [0.29, 0.717) is 18.0 Å². The molecule has 2 heterocycles. The van der Waals surface area contributed by atoms with Gasteiger partial charge in [-0.15, -0.1) is 0 Å². The maximum Gasteiger partial charge on any atom is 0.319 e. The summed E-state index contributed by atoms with van der Waals surface area (Å²) >= 11 is 4.43. The number of aromatic amines is 1. The average Bonchev–Trinajstić information content (AvgIpc) is 3.08. The molecule has 0 aliphatic carbocycles. The Hall–Kier alpha value is -2.51. The monoisotopic (exact) mass is 469 g/mol. The number of thiol groups is 1. The summed E-state index contributed by atoms with van der Waals surface area (Å²) in [4.78, 5) is 15.6. The molecule has 0 bridgehead atoms. The molecule has 0 saturated heterocycles. The van der Waals surface area contributed by atoms with Gasteiger partial charge in [0.1, 0.15) is 11.9 Å². The van der Waals surface area contributed by atoms with E-state index in [1.165, 1.54) is 0 Å². The van der Waals surface area contributed by atoms with Crippen LogP contribution in [0.5, 0.6) is 0 Å². The molecule has 5 nitrogen and oxygen atoms in total. The Bertz CT molecular complexity index is 1230. The Morgan fingerprint density at radius 2 is 1.81 bits per heavy atom. The van der Waals surface area contributed by atoms with Gasteiger partial charge in [0.05, 0.1) is 11.5 Å². The van der Waals surface area contributed by atoms with E-state index < -0.39 is 21.1 Å². The van der Waals surface area contributed by atoms with Crippen LogP contribution in [0.1, 0.15) is 47.8 Å². The minimum atomic E-state index is -3.30. The van der Waals surface area contributed by atoms with E-state index in [9.17, 15) is 13.2 Å². The zero-order valence-corrected chi connectivity index (χ0v) is 19.9. The first-order valence-electron chi connectivity index (χ1n) is 10.6. The number of carbonyl (C=O) groups excluding carboxylic acids is 1. The second-order valence-electron chi connectivity index (χ2n) is 8.60. The standard InChI is InChI=1S/C25H27NO4S2/c1-16(2)18-8-9-21-19(10-18)14-32(28,29)15-23-22(21)11-20(26-23)12-24(31)25(27)30-13-17-6-4-3-5-7-17/h3-11,16,24,26,31H,12-15H2,1-2H3/t24-/m0/s1. The number of nitrogens with one attached hydrogen (secondary N) is 1. The van der Waals surface area contributed by atoms with E-state index in [1.807, 2.05) is 48.5 Å². The summed E-state index contributed by atoms with van der Waals surface area (Å²) in [5.41, 5.74) is 6.09. The maximum atomic E-state index is 12.7. The highest BCUT2D eigenvalue weighted by atomic mass is 32.2. The molecule has 3 aromatic rings. The van der Waals surface area contributed by atoms with Gasteiger partial charge in [-0.1, -0.05) is 62.4 Å². The van der Waals surface area contributed by atoms with Crippen LogP contribution in [-0.4, -0.2) is 24.6 Å². The Labute approximate surface area is 194 Å². The number of carbonyl (C=O) groups is 1. The van der Waals surface area contributed by atoms with Crippen molar-refractivity contribution >= 4 is 28.4 Å². The zero-order valence-electron chi connectivity index (χ0n) is 18.2. The smallest absolute Gasteiger partial charge is 0.319 e. The molecule has 1 aromatic heterocycles. The van der Waals surface area contributed by atoms with Gasteiger partial charge in [-0.3, -0.25) is 4.79 Å². The van der Waals surface area contributed by atoms with E-state index in [2.05, 4.69) is 37.5 Å². The summed E-state index contributed by atoms with van der Waals surface area (Å²) in [6.07, 6.45) is 0.323. The number of esters is 1. The van der Waals surface area contributed by atoms with Gasteiger partial charge in [0, 0.05) is 23.4 Å². The number of aromatic nitrogens is 1. The Morgan fingerprint density at radius 3 is 2.53 bits per heavy atom. The number of hydrogen-bond donors (Lipinski definition) is 2. The summed E-state index contributed by atoms with van der Waals surface area (Å²) in [6, 6.07) is 17.5. The van der Waals surface area contributed by atoms with Crippen molar-refractivity contribution in [2.45, 2.75) is 49.5 Å². The van der Waals surface area contributed by atoms with Crippen molar-refractivity contribution in [1.29, 1.82) is 0 Å². The topological polar surface area (TPSA) is 76.2 Å². The molecule has 1 N–H and O–H groups in total. The lowest BCUT2D eigenvalue weighted by molar-refractivity contribution is -0.144. The highest BCUT2D eigenvalue weighted by molar-refractivity contribution is 7.89. The molecule has 0 amide bonds. The highest BCUT2D eigenvalue weighted by Crippen LogP contribution is 2.36. The third-order valence-corrected chi connectivity index (χ3v) is 7.56. The van der Waals surface area contributed by atoms with Gasteiger partial charge < -0.3 is 9.72 Å². The summed E-state index contributed by atoms with van der Waals surface area (Å²) in [5, 5.41) is -0.652. The molecular weight excluding hydrogens is 442 g/mol. The van der Waals surface area contributed by atoms with Crippen molar-refractivity contribution in [1.82, 2.24) is 4.98 Å². The van der Waals surface area contributed by atoms with Crippen LogP contribution in [0.3, 0.4) is 0 Å². The first-order chi connectivity index (χ1) is 15.2. The van der Waals surface area contributed by atoms with Crippen molar-refractivity contribution in [2.24, 2.45) is 0 Å². The fourth-order valence-electron chi connectivity index (χ4n) is 4.00. The number of fused-ring (bicyclic) bond motifs is 3. The molecule has 168 valence electrons. The van der Waals surface area contributed by atoms with E-state index in [0.717, 1.165) is 33.5 Å². The van der Waals surface area contributed by atoms with Crippen molar-refractivity contribution in [2.75, 3.05) is 0 Å². The minimum Gasteiger partial charge on any atom is -0.460 e.